The first-order valence-electron chi connectivity index (χ1n) is 22.2. The van der Waals surface area contributed by atoms with Crippen LogP contribution < -0.4 is 9.47 Å². The number of carbonyl (C=O) groups is 4. The van der Waals surface area contributed by atoms with E-state index in [-0.39, 0.29) is 98.2 Å². The molecule has 0 amide bonds. The molecule has 0 aliphatic heterocycles. The molecule has 0 saturated heterocycles. The van der Waals surface area contributed by atoms with Gasteiger partial charge in [-0.3, -0.25) is 9.59 Å². The molecule has 4 aromatic rings. The molecule has 4 N–H and O–H groups in total. The Kier molecular flexibility index (Phi) is 25.5. The molecule has 0 aliphatic carbocycles. The van der Waals surface area contributed by atoms with E-state index < -0.39 is 48.3 Å². The second-order valence-corrected chi connectivity index (χ2v) is 15.6. The zero-order valence-electron chi connectivity index (χ0n) is 38.4. The Morgan fingerprint density at radius 3 is 1.04 bits per heavy atom. The number of ether oxygens (including phenoxy) is 8. The smallest absolute Gasteiger partial charge is 0.330 e. The number of esters is 4. The number of aliphatic hydroxyl groups is 4. The third-order valence-corrected chi connectivity index (χ3v) is 10.2. The molecule has 0 radical (unpaired) electrons. The highest BCUT2D eigenvalue weighted by molar-refractivity contribution is 5.81. The maximum atomic E-state index is 11.6. The van der Waals surface area contributed by atoms with Crippen LogP contribution in [0.3, 0.4) is 0 Å². The maximum Gasteiger partial charge on any atom is 0.330 e. The van der Waals surface area contributed by atoms with Crippen LogP contribution in [0.1, 0.15) is 79.3 Å². The molecule has 4 rings (SSSR count). The zero-order chi connectivity index (χ0) is 49.3. The van der Waals surface area contributed by atoms with Gasteiger partial charge in [-0.25, -0.2) is 9.59 Å². The number of rotatable bonds is 31. The van der Waals surface area contributed by atoms with Crippen molar-refractivity contribution in [1.82, 2.24) is 0 Å². The lowest BCUT2D eigenvalue weighted by Gasteiger charge is -2.30. The second kappa shape index (κ2) is 30.9. The quantitative estimate of drug-likeness (QED) is 0.0262. The van der Waals surface area contributed by atoms with Crippen molar-refractivity contribution < 1.29 is 77.5 Å². The van der Waals surface area contributed by atoms with Crippen molar-refractivity contribution in [2.75, 3.05) is 52.9 Å². The van der Waals surface area contributed by atoms with E-state index in [1.165, 1.54) is 0 Å². The third-order valence-electron chi connectivity index (χ3n) is 10.2. The summed E-state index contributed by atoms with van der Waals surface area (Å²) in [5.74, 6) is -1.83. The second-order valence-electron chi connectivity index (χ2n) is 15.6. The largest absolute Gasteiger partial charge is 0.491 e. The molecule has 0 aromatic heterocycles. The average Bonchev–Trinajstić information content (AvgIpc) is 3.36. The minimum Gasteiger partial charge on any atom is -0.491 e. The van der Waals surface area contributed by atoms with Crippen LogP contribution in [0.4, 0.5) is 0 Å². The van der Waals surface area contributed by atoms with Crippen LogP contribution in [0.5, 0.6) is 11.5 Å². The molecule has 4 unspecified atom stereocenters. The molecule has 0 saturated carbocycles. The van der Waals surface area contributed by atoms with Gasteiger partial charge in [-0.2, -0.15) is 0 Å². The number of benzene rings is 4. The summed E-state index contributed by atoms with van der Waals surface area (Å²) in [5, 5.41) is 41.2. The lowest BCUT2D eigenvalue weighted by atomic mass is 9.73. The van der Waals surface area contributed by atoms with Gasteiger partial charge in [0.25, 0.3) is 0 Å². The predicted molar refractivity (Wildman–Crippen MR) is 255 cm³/mol. The maximum absolute atomic E-state index is 11.6. The summed E-state index contributed by atoms with van der Waals surface area (Å²) in [6.07, 6.45) is -1.70. The van der Waals surface area contributed by atoms with Crippen LogP contribution in [-0.4, -0.2) is 122 Å². The van der Waals surface area contributed by atoms with Gasteiger partial charge in [-0.15, -0.1) is 0 Å². The van der Waals surface area contributed by atoms with E-state index in [1.54, 1.807) is 38.1 Å². The Morgan fingerprint density at radius 1 is 0.449 bits per heavy atom. The first kappa shape index (κ1) is 56.9. The summed E-state index contributed by atoms with van der Waals surface area (Å²) >= 11 is 0. The van der Waals surface area contributed by atoms with Gasteiger partial charge in [0.1, 0.15) is 75.6 Å². The van der Waals surface area contributed by atoms with Crippen molar-refractivity contribution in [3.8, 4) is 11.5 Å². The van der Waals surface area contributed by atoms with Gasteiger partial charge in [-0.05, 0) is 57.6 Å². The van der Waals surface area contributed by atoms with Crippen molar-refractivity contribution in [1.29, 1.82) is 0 Å². The summed E-state index contributed by atoms with van der Waals surface area (Å²) in [6.45, 7) is 9.19. The minimum atomic E-state index is -1.03. The molecule has 0 spiro atoms. The molecule has 374 valence electrons. The standard InChI is InChI=1S/C52H62O16.CH4/c1-5-47(57)65-31-41(53)27-61-25-35-9-13-37(14-10-35)51(38-15-11-36(12-16-38)26-62-28-42(54)32-66-48(58)6-2)52(39-17-21-45(22-18-39)63-29-43(55)33-67-49(59)7-3)40-19-23-46(24-20-40)64-30-44(56)34-68-50(60)8-4;/h5-6,9-24,41-44,51-56H,1-2,7-8,25-34H2,3-4H3;1H4. The molecule has 0 heterocycles. The van der Waals surface area contributed by atoms with E-state index in [1.807, 2.05) is 72.8 Å². The molecule has 16 heteroatoms. The Hall–Kier alpha value is -6.40. The van der Waals surface area contributed by atoms with E-state index in [0.29, 0.717) is 11.5 Å². The number of hydrogen-bond acceptors (Lipinski definition) is 16. The highest BCUT2D eigenvalue weighted by Crippen LogP contribution is 2.44. The molecular weight excluding hydrogens is 893 g/mol. The third kappa shape index (κ3) is 20.4. The van der Waals surface area contributed by atoms with Gasteiger partial charge in [0.2, 0.25) is 0 Å². The molecule has 16 nitrogen and oxygen atoms in total. The van der Waals surface area contributed by atoms with Crippen LogP contribution in [0.25, 0.3) is 0 Å². The fourth-order valence-electron chi connectivity index (χ4n) is 6.60. The van der Waals surface area contributed by atoms with Crippen molar-refractivity contribution in [3.05, 3.63) is 156 Å². The summed E-state index contributed by atoms with van der Waals surface area (Å²) < 4.78 is 43.1. The lowest BCUT2D eigenvalue weighted by molar-refractivity contribution is -0.147. The van der Waals surface area contributed by atoms with Crippen molar-refractivity contribution >= 4 is 23.9 Å². The average molecular weight is 959 g/mol. The zero-order valence-corrected chi connectivity index (χ0v) is 38.4. The van der Waals surface area contributed by atoms with Gasteiger partial charge in [0.05, 0.1) is 26.4 Å². The van der Waals surface area contributed by atoms with Crippen LogP contribution in [0.15, 0.2) is 122 Å². The fraction of sp³-hybridized carbons (Fsp3) is 0.396. The van der Waals surface area contributed by atoms with Crippen LogP contribution in [-0.2, 0) is 60.8 Å². The summed E-state index contributed by atoms with van der Waals surface area (Å²) in [5.41, 5.74) is 5.33. The van der Waals surface area contributed by atoms with Crippen molar-refractivity contribution in [3.63, 3.8) is 0 Å². The normalized spacial score (nSPS) is 13.5. The van der Waals surface area contributed by atoms with Gasteiger partial charge < -0.3 is 58.3 Å². The highest BCUT2D eigenvalue weighted by Gasteiger charge is 2.29. The van der Waals surface area contributed by atoms with E-state index >= 15 is 0 Å². The fourth-order valence-corrected chi connectivity index (χ4v) is 6.60. The van der Waals surface area contributed by atoms with Gasteiger partial charge in [0, 0.05) is 36.8 Å². The van der Waals surface area contributed by atoms with Gasteiger partial charge in [-0.1, -0.05) is 107 Å². The Morgan fingerprint density at radius 2 is 0.739 bits per heavy atom. The van der Waals surface area contributed by atoms with Gasteiger partial charge in [0.15, 0.2) is 0 Å². The van der Waals surface area contributed by atoms with Crippen LogP contribution in [0.2, 0.25) is 0 Å². The monoisotopic (exact) mass is 958 g/mol. The Bertz CT molecular complexity index is 2000. The number of aliphatic hydroxyl groups excluding tert-OH is 4. The lowest BCUT2D eigenvalue weighted by Crippen LogP contribution is -2.25. The van der Waals surface area contributed by atoms with Crippen LogP contribution in [0, 0.1) is 0 Å². The number of hydrogen-bond donors (Lipinski definition) is 4. The van der Waals surface area contributed by atoms with E-state index in [4.69, 9.17) is 37.9 Å². The van der Waals surface area contributed by atoms with Gasteiger partial charge >= 0.3 is 23.9 Å². The molecule has 4 atom stereocenters. The molecule has 69 heavy (non-hydrogen) atoms. The Labute approximate surface area is 404 Å². The van der Waals surface area contributed by atoms with Crippen molar-refractivity contribution in [2.45, 2.75) is 83.6 Å². The number of carbonyl (C=O) groups excluding carboxylic acids is 4. The SMILES string of the molecule is C.C=CC(=O)OCC(O)COCc1ccc(C(c2ccc(COCC(O)COC(=O)C=C)cc2)C(c2ccc(OCC(O)COC(=O)CC)cc2)c2ccc(OCC(O)COC(=O)CC)cc2)cc1. The van der Waals surface area contributed by atoms with Crippen LogP contribution >= 0.6 is 0 Å². The van der Waals surface area contributed by atoms with E-state index in [2.05, 4.69) is 13.2 Å². The minimum absolute atomic E-state index is 0. The molecule has 4 aromatic carbocycles. The van der Waals surface area contributed by atoms with E-state index in [9.17, 15) is 39.6 Å². The highest BCUT2D eigenvalue weighted by atomic mass is 16.6. The molecule has 0 fully saturated rings. The summed E-state index contributed by atoms with van der Waals surface area (Å²) in [7, 11) is 0. The first-order valence-corrected chi connectivity index (χ1v) is 22.2. The molecule has 0 bridgehead atoms. The molecule has 0 aliphatic rings. The Balaban J connectivity index is 0.0000126. The topological polar surface area (TPSA) is 223 Å². The predicted octanol–water partition coefficient (Wildman–Crippen LogP) is 5.89. The summed E-state index contributed by atoms with van der Waals surface area (Å²) in [4.78, 5) is 46.0. The molecular formula is C53H66O16. The summed E-state index contributed by atoms with van der Waals surface area (Å²) in [6, 6.07) is 30.7. The van der Waals surface area contributed by atoms with E-state index in [0.717, 1.165) is 45.5 Å². The first-order chi connectivity index (χ1) is 32.8. The van der Waals surface area contributed by atoms with Crippen molar-refractivity contribution in [2.24, 2.45) is 0 Å².